The number of anilines is 1. The maximum Gasteiger partial charge on any atom is 0.0895 e. The van der Waals surface area contributed by atoms with E-state index in [1.807, 2.05) is 6.20 Å². The lowest BCUT2D eigenvalue weighted by atomic mass is 9.75. The third-order valence-electron chi connectivity index (χ3n) is 6.30. The fourth-order valence-electron chi connectivity index (χ4n) is 4.83. The molecule has 1 fully saturated rings. The number of ether oxygens (including phenoxy) is 1. The van der Waals surface area contributed by atoms with Gasteiger partial charge in [0.1, 0.15) is 0 Å². The summed E-state index contributed by atoms with van der Waals surface area (Å²) < 4.78 is 6.37. The van der Waals surface area contributed by atoms with Gasteiger partial charge in [0.2, 0.25) is 0 Å². The lowest BCUT2D eigenvalue weighted by Crippen LogP contribution is -2.36. The molecule has 3 heterocycles. The van der Waals surface area contributed by atoms with E-state index in [-0.39, 0.29) is 17.6 Å². The molecule has 0 aliphatic carbocycles. The largest absolute Gasteiger partial charge is 0.378 e. The Bertz CT molecular complexity index is 981. The first-order valence-electron chi connectivity index (χ1n) is 10.1. The van der Waals surface area contributed by atoms with Gasteiger partial charge < -0.3 is 15.0 Å². The predicted octanol–water partition coefficient (Wildman–Crippen LogP) is 6.10. The van der Waals surface area contributed by atoms with E-state index in [9.17, 15) is 0 Å². The van der Waals surface area contributed by atoms with E-state index in [0.29, 0.717) is 5.92 Å². The number of benzene rings is 2. The number of hydrogen-bond acceptors (Lipinski definition) is 2. The van der Waals surface area contributed by atoms with Crippen LogP contribution in [0.2, 0.25) is 0 Å². The summed E-state index contributed by atoms with van der Waals surface area (Å²) in [4.78, 5) is 3.36. The maximum atomic E-state index is 6.37. The van der Waals surface area contributed by atoms with E-state index in [1.165, 1.54) is 39.7 Å². The van der Waals surface area contributed by atoms with Gasteiger partial charge in [-0.2, -0.15) is 0 Å². The Labute approximate surface area is 161 Å². The minimum atomic E-state index is 0.146. The van der Waals surface area contributed by atoms with Gasteiger partial charge in [0.15, 0.2) is 0 Å². The molecule has 140 valence electrons. The Balaban J connectivity index is 1.63. The van der Waals surface area contributed by atoms with Crippen molar-refractivity contribution in [2.75, 3.05) is 11.9 Å². The summed E-state index contributed by atoms with van der Waals surface area (Å²) in [7, 11) is 0. The molecule has 3 nitrogen and oxygen atoms in total. The minimum Gasteiger partial charge on any atom is -0.378 e. The molecule has 0 radical (unpaired) electrons. The Morgan fingerprint density at radius 1 is 1.04 bits per heavy atom. The van der Waals surface area contributed by atoms with Crippen LogP contribution in [0.4, 0.5) is 5.69 Å². The Kier molecular flexibility index (Phi) is 3.83. The van der Waals surface area contributed by atoms with Crippen LogP contribution in [0, 0.1) is 5.92 Å². The van der Waals surface area contributed by atoms with E-state index in [2.05, 4.69) is 73.5 Å². The third-order valence-corrected chi connectivity index (χ3v) is 6.30. The van der Waals surface area contributed by atoms with Gasteiger partial charge in [0.25, 0.3) is 0 Å². The van der Waals surface area contributed by atoms with Crippen LogP contribution in [0.25, 0.3) is 10.9 Å². The Morgan fingerprint density at radius 3 is 2.78 bits per heavy atom. The van der Waals surface area contributed by atoms with E-state index < -0.39 is 0 Å². The van der Waals surface area contributed by atoms with Crippen LogP contribution in [0.15, 0.2) is 48.7 Å². The number of rotatable bonds is 1. The van der Waals surface area contributed by atoms with Crippen LogP contribution in [-0.4, -0.2) is 11.6 Å². The molecule has 2 aliphatic heterocycles. The fourth-order valence-corrected chi connectivity index (χ4v) is 4.83. The smallest absolute Gasteiger partial charge is 0.0895 e. The molecular weight excluding hydrogens is 332 g/mol. The van der Waals surface area contributed by atoms with Gasteiger partial charge in [-0.15, -0.1) is 0 Å². The van der Waals surface area contributed by atoms with Crippen molar-refractivity contribution in [3.05, 3.63) is 65.4 Å². The molecule has 0 spiro atoms. The van der Waals surface area contributed by atoms with Gasteiger partial charge in [-0.25, -0.2) is 0 Å². The summed E-state index contributed by atoms with van der Waals surface area (Å²) in [5.41, 5.74) is 6.67. The van der Waals surface area contributed by atoms with Crippen LogP contribution >= 0.6 is 0 Å². The lowest BCUT2D eigenvalue weighted by Gasteiger charge is -2.44. The molecular formula is C24H28N2O. The van der Waals surface area contributed by atoms with E-state index in [0.717, 1.165) is 13.0 Å². The molecule has 5 rings (SSSR count). The van der Waals surface area contributed by atoms with Gasteiger partial charge in [-0.1, -0.05) is 45.0 Å². The summed E-state index contributed by atoms with van der Waals surface area (Å²) in [6, 6.07) is 16.0. The van der Waals surface area contributed by atoms with E-state index in [4.69, 9.17) is 4.74 Å². The average Bonchev–Trinajstić information content (AvgIpc) is 3.15. The molecule has 2 aromatic carbocycles. The van der Waals surface area contributed by atoms with Crippen molar-refractivity contribution in [1.82, 2.24) is 4.98 Å². The van der Waals surface area contributed by atoms with Crippen LogP contribution in [0.3, 0.4) is 0 Å². The number of aromatic amines is 1. The third kappa shape index (κ3) is 2.76. The molecule has 2 aliphatic rings. The second-order valence-electron chi connectivity index (χ2n) is 9.06. The molecule has 3 aromatic rings. The maximum absolute atomic E-state index is 6.37. The summed E-state index contributed by atoms with van der Waals surface area (Å²) in [6.07, 6.45) is 4.55. The summed E-state index contributed by atoms with van der Waals surface area (Å²) in [5.74, 6) is 0.460. The highest BCUT2D eigenvalue weighted by molar-refractivity contribution is 5.84. The molecule has 27 heavy (non-hydrogen) atoms. The zero-order chi connectivity index (χ0) is 18.6. The zero-order valence-electron chi connectivity index (χ0n) is 16.4. The molecule has 3 unspecified atom stereocenters. The van der Waals surface area contributed by atoms with Gasteiger partial charge >= 0.3 is 0 Å². The SMILES string of the molecule is CC(C)(C)c1ccc2c(c1)C1OCCCC1C(c1cccc3[nH]ccc13)N2. The zero-order valence-corrected chi connectivity index (χ0v) is 16.4. The molecule has 3 heteroatoms. The van der Waals surface area contributed by atoms with Crippen molar-refractivity contribution in [1.29, 1.82) is 0 Å². The molecule has 1 saturated heterocycles. The summed E-state index contributed by atoms with van der Waals surface area (Å²) in [5, 5.41) is 5.19. The standard InChI is InChI=1S/C24H28N2O/c1-24(2,3)15-9-10-21-19(14-15)23-18(7-5-13-27-23)22(26-21)17-6-4-8-20-16(17)11-12-25-20/h4,6,8-12,14,18,22-23,25-26H,5,7,13H2,1-3H3. The Hall–Kier alpha value is -2.26. The molecule has 1 aromatic heterocycles. The lowest BCUT2D eigenvalue weighted by molar-refractivity contribution is -0.0380. The number of aromatic nitrogens is 1. The second-order valence-corrected chi connectivity index (χ2v) is 9.06. The first-order valence-corrected chi connectivity index (χ1v) is 10.1. The van der Waals surface area contributed by atoms with Crippen molar-refractivity contribution in [2.45, 2.75) is 51.2 Å². The van der Waals surface area contributed by atoms with Crippen LogP contribution < -0.4 is 5.32 Å². The predicted molar refractivity (Wildman–Crippen MR) is 111 cm³/mol. The quantitative estimate of drug-likeness (QED) is 0.550. The van der Waals surface area contributed by atoms with Gasteiger partial charge in [0.05, 0.1) is 12.1 Å². The summed E-state index contributed by atoms with van der Waals surface area (Å²) >= 11 is 0. The first-order chi connectivity index (χ1) is 13.0. The van der Waals surface area contributed by atoms with E-state index >= 15 is 0 Å². The highest BCUT2D eigenvalue weighted by Gasteiger charge is 2.40. The van der Waals surface area contributed by atoms with E-state index in [1.54, 1.807) is 0 Å². The number of H-pyrrole nitrogens is 1. The van der Waals surface area contributed by atoms with Crippen LogP contribution in [-0.2, 0) is 10.2 Å². The van der Waals surface area contributed by atoms with Crippen molar-refractivity contribution in [3.8, 4) is 0 Å². The Morgan fingerprint density at radius 2 is 1.93 bits per heavy atom. The molecule has 3 atom stereocenters. The van der Waals surface area contributed by atoms with Crippen LogP contribution in [0.1, 0.15) is 62.4 Å². The fraction of sp³-hybridized carbons (Fsp3) is 0.417. The molecule has 0 amide bonds. The highest BCUT2D eigenvalue weighted by atomic mass is 16.5. The van der Waals surface area contributed by atoms with Gasteiger partial charge in [0, 0.05) is 40.9 Å². The second kappa shape index (κ2) is 6.13. The number of fused-ring (bicyclic) bond motifs is 4. The monoisotopic (exact) mass is 360 g/mol. The molecule has 2 N–H and O–H groups in total. The molecule has 0 saturated carbocycles. The first kappa shape index (κ1) is 16.9. The molecule has 0 bridgehead atoms. The normalized spacial score (nSPS) is 24.9. The van der Waals surface area contributed by atoms with Crippen molar-refractivity contribution in [3.63, 3.8) is 0 Å². The van der Waals surface area contributed by atoms with Crippen molar-refractivity contribution in [2.24, 2.45) is 5.92 Å². The highest BCUT2D eigenvalue weighted by Crippen LogP contribution is 2.50. The topological polar surface area (TPSA) is 37.0 Å². The van der Waals surface area contributed by atoms with Crippen molar-refractivity contribution < 1.29 is 4.74 Å². The van der Waals surface area contributed by atoms with Gasteiger partial charge in [-0.3, -0.25) is 0 Å². The number of hydrogen-bond donors (Lipinski definition) is 2. The summed E-state index contributed by atoms with van der Waals surface area (Å²) in [6.45, 7) is 7.69. The average molecular weight is 361 g/mol. The number of nitrogens with one attached hydrogen (secondary N) is 2. The van der Waals surface area contributed by atoms with Crippen molar-refractivity contribution >= 4 is 16.6 Å². The van der Waals surface area contributed by atoms with Gasteiger partial charge in [-0.05, 0) is 47.6 Å². The minimum absolute atomic E-state index is 0.146. The van der Waals surface area contributed by atoms with Crippen LogP contribution in [0.5, 0.6) is 0 Å².